The Hall–Kier alpha value is -1.28. The molecule has 1 aliphatic rings. The predicted octanol–water partition coefficient (Wildman–Crippen LogP) is 3.64. The van der Waals surface area contributed by atoms with E-state index in [9.17, 15) is 0 Å². The summed E-state index contributed by atoms with van der Waals surface area (Å²) in [5, 5.41) is 5.13. The number of rotatable bonds is 2. The Bertz CT molecular complexity index is 607. The molecule has 2 nitrogen and oxygen atoms in total. The fourth-order valence-electron chi connectivity index (χ4n) is 3.34. The molecule has 1 atom stereocenters. The second-order valence-electron chi connectivity index (χ2n) is 6.27. The molecule has 0 spiro atoms. The number of fused-ring (bicyclic) bond motifs is 3. The van der Waals surface area contributed by atoms with Crippen LogP contribution in [0.25, 0.3) is 10.9 Å². The number of aromatic nitrogens is 1. The molecule has 0 amide bonds. The van der Waals surface area contributed by atoms with Gasteiger partial charge in [-0.3, -0.25) is 0 Å². The number of aromatic amines is 1. The largest absolute Gasteiger partial charge is 0.358 e. The molecular weight excluding hydrogens is 232 g/mol. The lowest BCUT2D eigenvalue weighted by Gasteiger charge is -2.25. The number of aryl methyl sites for hydroxylation is 3. The van der Waals surface area contributed by atoms with E-state index in [1.165, 1.54) is 40.6 Å². The van der Waals surface area contributed by atoms with Crippen LogP contribution < -0.4 is 5.32 Å². The first-order chi connectivity index (χ1) is 9.06. The van der Waals surface area contributed by atoms with Gasteiger partial charge < -0.3 is 10.3 Å². The number of benzene rings is 1. The molecule has 1 aliphatic carbocycles. The zero-order valence-corrected chi connectivity index (χ0v) is 12.4. The normalized spacial score (nSPS) is 19.1. The van der Waals surface area contributed by atoms with Crippen LogP contribution in [-0.2, 0) is 12.8 Å². The molecule has 2 N–H and O–H groups in total. The summed E-state index contributed by atoms with van der Waals surface area (Å²) in [5.74, 6) is 0. The van der Waals surface area contributed by atoms with Gasteiger partial charge in [0.2, 0.25) is 0 Å². The van der Waals surface area contributed by atoms with E-state index in [2.05, 4.69) is 50.1 Å². The molecule has 0 bridgehead atoms. The van der Waals surface area contributed by atoms with Crippen LogP contribution in [-0.4, -0.2) is 17.1 Å². The lowest BCUT2D eigenvalue weighted by molar-refractivity contribution is 0.421. The van der Waals surface area contributed by atoms with Crippen LogP contribution in [0.15, 0.2) is 12.1 Å². The van der Waals surface area contributed by atoms with Gasteiger partial charge in [0.25, 0.3) is 0 Å². The maximum absolute atomic E-state index is 3.69. The maximum atomic E-state index is 3.69. The second-order valence-corrected chi connectivity index (χ2v) is 6.27. The number of nitrogens with one attached hydrogen (secondary N) is 2. The summed E-state index contributed by atoms with van der Waals surface area (Å²) in [7, 11) is 0. The zero-order valence-electron chi connectivity index (χ0n) is 12.4. The summed E-state index contributed by atoms with van der Waals surface area (Å²) in [5.41, 5.74) is 7.14. The average Bonchev–Trinajstić information content (AvgIpc) is 2.72. The Kier molecular flexibility index (Phi) is 3.14. The standard InChI is InChI=1S/C17H24N2/c1-10(2)18-13-6-8-16-15(9-13)14-7-5-11(3)12(4)17(14)19-16/h5,7,10,13,18-19H,6,8-9H2,1-4H3. The Morgan fingerprint density at radius 3 is 2.79 bits per heavy atom. The Morgan fingerprint density at radius 2 is 2.05 bits per heavy atom. The first kappa shape index (κ1) is 12.7. The minimum atomic E-state index is 0.570. The molecule has 19 heavy (non-hydrogen) atoms. The SMILES string of the molecule is Cc1ccc2c3c([nH]c2c1C)CCC(NC(C)C)C3. The quantitative estimate of drug-likeness (QED) is 0.843. The van der Waals surface area contributed by atoms with E-state index < -0.39 is 0 Å². The molecule has 0 fully saturated rings. The molecule has 3 rings (SSSR count). The van der Waals surface area contributed by atoms with Crippen molar-refractivity contribution in [1.29, 1.82) is 0 Å². The third kappa shape index (κ3) is 2.18. The molecule has 0 saturated heterocycles. The lowest BCUT2D eigenvalue weighted by Crippen LogP contribution is -2.38. The number of H-pyrrole nitrogens is 1. The highest BCUT2D eigenvalue weighted by atomic mass is 14.9. The van der Waals surface area contributed by atoms with E-state index in [1.54, 1.807) is 5.56 Å². The molecular formula is C17H24N2. The minimum absolute atomic E-state index is 0.570. The Labute approximate surface area is 115 Å². The Balaban J connectivity index is 2.02. The van der Waals surface area contributed by atoms with E-state index >= 15 is 0 Å². The van der Waals surface area contributed by atoms with E-state index in [0.29, 0.717) is 12.1 Å². The summed E-state index contributed by atoms with van der Waals surface area (Å²) in [6.07, 6.45) is 3.58. The van der Waals surface area contributed by atoms with Gasteiger partial charge in [0.15, 0.2) is 0 Å². The fraction of sp³-hybridized carbons (Fsp3) is 0.529. The van der Waals surface area contributed by atoms with E-state index in [1.807, 2.05) is 0 Å². The van der Waals surface area contributed by atoms with Crippen molar-refractivity contribution in [1.82, 2.24) is 10.3 Å². The van der Waals surface area contributed by atoms with Crippen molar-refractivity contribution in [3.8, 4) is 0 Å². The van der Waals surface area contributed by atoms with Crippen LogP contribution in [0.5, 0.6) is 0 Å². The smallest absolute Gasteiger partial charge is 0.0491 e. The zero-order chi connectivity index (χ0) is 13.6. The molecule has 0 aliphatic heterocycles. The molecule has 0 radical (unpaired) electrons. The van der Waals surface area contributed by atoms with E-state index in [0.717, 1.165) is 6.42 Å². The van der Waals surface area contributed by atoms with Crippen molar-refractivity contribution in [2.75, 3.05) is 0 Å². The summed E-state index contributed by atoms with van der Waals surface area (Å²) >= 11 is 0. The highest BCUT2D eigenvalue weighted by molar-refractivity contribution is 5.88. The Morgan fingerprint density at radius 1 is 1.26 bits per heavy atom. The van der Waals surface area contributed by atoms with Gasteiger partial charge >= 0.3 is 0 Å². The third-order valence-corrected chi connectivity index (χ3v) is 4.46. The summed E-state index contributed by atoms with van der Waals surface area (Å²) < 4.78 is 0. The molecule has 2 aromatic rings. The van der Waals surface area contributed by atoms with E-state index in [4.69, 9.17) is 0 Å². The number of hydrogen-bond donors (Lipinski definition) is 2. The van der Waals surface area contributed by atoms with Crippen molar-refractivity contribution in [2.45, 2.75) is 59.0 Å². The van der Waals surface area contributed by atoms with Crippen molar-refractivity contribution in [2.24, 2.45) is 0 Å². The van der Waals surface area contributed by atoms with Gasteiger partial charge in [-0.05, 0) is 49.8 Å². The van der Waals surface area contributed by atoms with Crippen molar-refractivity contribution >= 4 is 10.9 Å². The van der Waals surface area contributed by atoms with Gasteiger partial charge in [-0.2, -0.15) is 0 Å². The highest BCUT2D eigenvalue weighted by Crippen LogP contribution is 2.31. The molecule has 1 aromatic carbocycles. The van der Waals surface area contributed by atoms with E-state index in [-0.39, 0.29) is 0 Å². The first-order valence-corrected chi connectivity index (χ1v) is 7.42. The van der Waals surface area contributed by atoms with Gasteiger partial charge in [0.05, 0.1) is 0 Å². The lowest BCUT2D eigenvalue weighted by atomic mass is 9.90. The number of hydrogen-bond acceptors (Lipinski definition) is 1. The predicted molar refractivity (Wildman–Crippen MR) is 81.9 cm³/mol. The van der Waals surface area contributed by atoms with Crippen LogP contribution in [0.1, 0.15) is 42.7 Å². The van der Waals surface area contributed by atoms with Crippen LogP contribution in [0.4, 0.5) is 0 Å². The van der Waals surface area contributed by atoms with Crippen LogP contribution in [0.3, 0.4) is 0 Å². The highest BCUT2D eigenvalue weighted by Gasteiger charge is 2.23. The molecule has 1 unspecified atom stereocenters. The van der Waals surface area contributed by atoms with Crippen LogP contribution in [0.2, 0.25) is 0 Å². The maximum Gasteiger partial charge on any atom is 0.0491 e. The molecule has 2 heteroatoms. The van der Waals surface area contributed by atoms with Gasteiger partial charge in [0, 0.05) is 28.7 Å². The average molecular weight is 256 g/mol. The fourth-order valence-corrected chi connectivity index (χ4v) is 3.34. The molecule has 1 heterocycles. The molecule has 102 valence electrons. The van der Waals surface area contributed by atoms with Gasteiger partial charge in [0.1, 0.15) is 0 Å². The second kappa shape index (κ2) is 4.68. The van der Waals surface area contributed by atoms with Crippen LogP contribution in [0, 0.1) is 13.8 Å². The first-order valence-electron chi connectivity index (χ1n) is 7.42. The molecule has 1 aromatic heterocycles. The van der Waals surface area contributed by atoms with Crippen molar-refractivity contribution in [3.05, 3.63) is 34.5 Å². The van der Waals surface area contributed by atoms with Gasteiger partial charge in [-0.1, -0.05) is 26.0 Å². The summed E-state index contributed by atoms with van der Waals surface area (Å²) in [4.78, 5) is 3.67. The minimum Gasteiger partial charge on any atom is -0.358 e. The van der Waals surface area contributed by atoms with Gasteiger partial charge in [-0.25, -0.2) is 0 Å². The summed E-state index contributed by atoms with van der Waals surface area (Å²) in [6.45, 7) is 8.89. The topological polar surface area (TPSA) is 27.8 Å². The third-order valence-electron chi connectivity index (χ3n) is 4.46. The van der Waals surface area contributed by atoms with Gasteiger partial charge in [-0.15, -0.1) is 0 Å². The monoisotopic (exact) mass is 256 g/mol. The summed E-state index contributed by atoms with van der Waals surface area (Å²) in [6, 6.07) is 5.75. The molecule has 0 saturated carbocycles. The van der Waals surface area contributed by atoms with Crippen LogP contribution >= 0.6 is 0 Å². The van der Waals surface area contributed by atoms with Crippen molar-refractivity contribution in [3.63, 3.8) is 0 Å². The van der Waals surface area contributed by atoms with Crippen molar-refractivity contribution < 1.29 is 0 Å².